The molecule has 3 aromatic carbocycles. The van der Waals surface area contributed by atoms with Crippen molar-refractivity contribution < 1.29 is 29.0 Å². The molecule has 1 N–H and O–H groups in total. The molecule has 2 heterocycles. The van der Waals surface area contributed by atoms with Crippen LogP contribution in [0.2, 0.25) is 0 Å². The third kappa shape index (κ3) is 4.54. The van der Waals surface area contributed by atoms with E-state index in [1.165, 1.54) is 17.0 Å². The average Bonchev–Trinajstić information content (AvgIpc) is 3.72. The molecule has 7 rings (SSSR count). The van der Waals surface area contributed by atoms with Gasteiger partial charge in [0.05, 0.1) is 39.9 Å². The highest BCUT2D eigenvalue weighted by Gasteiger charge is 2.59. The van der Waals surface area contributed by atoms with Gasteiger partial charge in [-0.05, 0) is 72.7 Å². The van der Waals surface area contributed by atoms with E-state index in [1.807, 2.05) is 13.0 Å². The number of fused-ring (bicyclic) bond motifs is 6. The Labute approximate surface area is 261 Å². The van der Waals surface area contributed by atoms with Crippen LogP contribution in [0.3, 0.4) is 0 Å². The molecule has 2 amide bonds. The molecule has 2 fully saturated rings. The molecule has 4 atom stereocenters. The van der Waals surface area contributed by atoms with E-state index in [0.717, 1.165) is 16.5 Å². The monoisotopic (exact) mass is 650 g/mol. The molecule has 3 aliphatic rings. The lowest BCUT2D eigenvalue weighted by Crippen LogP contribution is -2.32. The van der Waals surface area contributed by atoms with Crippen LogP contribution in [0, 0.1) is 23.7 Å². The van der Waals surface area contributed by atoms with Crippen LogP contribution in [0.25, 0.3) is 22.2 Å². The molecule has 0 spiro atoms. The topological polar surface area (TPSA) is 114 Å². The van der Waals surface area contributed by atoms with Gasteiger partial charge in [-0.3, -0.25) is 19.3 Å². The number of rotatable bonds is 7. The highest BCUT2D eigenvalue weighted by atomic mass is 79.9. The molecule has 220 valence electrons. The van der Waals surface area contributed by atoms with Crippen molar-refractivity contribution >= 4 is 56.1 Å². The second-order valence-corrected chi connectivity index (χ2v) is 12.4. The molecule has 2 aliphatic carbocycles. The fourth-order valence-electron chi connectivity index (χ4n) is 6.88. The van der Waals surface area contributed by atoms with Crippen molar-refractivity contribution in [2.24, 2.45) is 23.7 Å². The van der Waals surface area contributed by atoms with Gasteiger partial charge in [-0.15, -0.1) is 0 Å². The summed E-state index contributed by atoms with van der Waals surface area (Å²) < 4.78 is 6.22. The number of benzene rings is 3. The number of aryl methyl sites for hydroxylation is 1. The number of nitrogens with zero attached hydrogens (tertiary/aromatic N) is 2. The molecule has 1 aromatic heterocycles. The summed E-state index contributed by atoms with van der Waals surface area (Å²) in [6, 6.07) is 18.5. The Kier molecular flexibility index (Phi) is 6.93. The van der Waals surface area contributed by atoms with E-state index < -0.39 is 18.4 Å². The van der Waals surface area contributed by atoms with E-state index in [-0.39, 0.29) is 52.4 Å². The number of phenolic OH excluding ortho intramolecular Hbond substituents is 1. The summed E-state index contributed by atoms with van der Waals surface area (Å²) in [5.74, 6) is -2.00. The van der Waals surface area contributed by atoms with Crippen LogP contribution >= 0.6 is 15.9 Å². The van der Waals surface area contributed by atoms with Crippen LogP contribution in [-0.4, -0.2) is 40.3 Å². The smallest absolute Gasteiger partial charge is 0.339 e. The summed E-state index contributed by atoms with van der Waals surface area (Å²) in [6.45, 7) is 1.45. The Morgan fingerprint density at radius 1 is 0.955 bits per heavy atom. The lowest BCUT2D eigenvalue weighted by atomic mass is 9.85. The summed E-state index contributed by atoms with van der Waals surface area (Å²) in [6.07, 6.45) is 5.67. The molecular formula is C35H27BrN2O6. The first kappa shape index (κ1) is 28.2. The molecule has 8 nitrogen and oxygen atoms in total. The number of amides is 2. The Morgan fingerprint density at radius 3 is 2.30 bits per heavy atom. The lowest BCUT2D eigenvalue weighted by Gasteiger charge is -2.18. The average molecular weight is 652 g/mol. The minimum Gasteiger partial charge on any atom is -0.507 e. The third-order valence-corrected chi connectivity index (χ3v) is 9.45. The fraction of sp³-hybridized carbons (Fsp3) is 0.229. The van der Waals surface area contributed by atoms with Crippen LogP contribution in [0.5, 0.6) is 5.75 Å². The minimum atomic E-state index is -0.706. The zero-order valence-electron chi connectivity index (χ0n) is 23.7. The van der Waals surface area contributed by atoms with Crippen molar-refractivity contribution in [1.29, 1.82) is 0 Å². The highest BCUT2D eigenvalue weighted by molar-refractivity contribution is 9.10. The van der Waals surface area contributed by atoms with Gasteiger partial charge in [0.2, 0.25) is 17.6 Å². The highest BCUT2D eigenvalue weighted by Crippen LogP contribution is 2.53. The van der Waals surface area contributed by atoms with Gasteiger partial charge in [0.1, 0.15) is 5.75 Å². The maximum absolute atomic E-state index is 13.5. The number of anilines is 1. The summed E-state index contributed by atoms with van der Waals surface area (Å²) in [7, 11) is 0. The number of carbonyl (C=O) groups is 4. The van der Waals surface area contributed by atoms with E-state index >= 15 is 0 Å². The van der Waals surface area contributed by atoms with Gasteiger partial charge < -0.3 is 9.84 Å². The predicted molar refractivity (Wildman–Crippen MR) is 167 cm³/mol. The molecule has 4 unspecified atom stereocenters. The summed E-state index contributed by atoms with van der Waals surface area (Å²) in [4.78, 5) is 58.9. The van der Waals surface area contributed by atoms with Gasteiger partial charge in [-0.2, -0.15) is 0 Å². The number of hydrogen-bond donors (Lipinski definition) is 1. The van der Waals surface area contributed by atoms with Crippen LogP contribution in [0.15, 0.2) is 83.4 Å². The fourth-order valence-corrected chi connectivity index (χ4v) is 7.39. The summed E-state index contributed by atoms with van der Waals surface area (Å²) in [5.41, 5.74) is 3.53. The number of imide groups is 1. The Morgan fingerprint density at radius 2 is 1.64 bits per heavy atom. The van der Waals surface area contributed by atoms with Gasteiger partial charge in [-0.25, -0.2) is 9.78 Å². The van der Waals surface area contributed by atoms with Crippen LogP contribution in [-0.2, 0) is 20.7 Å². The number of carbonyl (C=O) groups excluding carboxylic acids is 4. The van der Waals surface area contributed by atoms with Crippen molar-refractivity contribution in [1.82, 2.24) is 4.98 Å². The number of halogens is 1. The third-order valence-electron chi connectivity index (χ3n) is 8.99. The number of esters is 1. The van der Waals surface area contributed by atoms with Gasteiger partial charge in [0.25, 0.3) is 0 Å². The number of ether oxygens (including phenoxy) is 1. The number of Topliss-reactive ketones (excluding diaryl/α,β-unsaturated/α-hetero) is 1. The zero-order valence-corrected chi connectivity index (χ0v) is 25.3. The quantitative estimate of drug-likeness (QED) is 0.108. The SMILES string of the molecule is CCc1cc(Br)cc2c(C(=O)OCC(=O)c3ccccc3O)cc(-c3ccc(N4C(=O)C5C6C=CC(C6)C5C4=O)cc3)nc12. The second-order valence-electron chi connectivity index (χ2n) is 11.4. The molecule has 4 aromatic rings. The standard InChI is InChI=1S/C35H27BrN2O6/c1-2-18-14-22(36)15-25-26(35(43)44-17-29(40)24-5-3-4-6-28(24)39)16-27(37-32(18)25)19-9-11-23(12-10-19)38-33(41)30-20-7-8-21(13-20)31(30)34(38)42/h3-12,14-16,20-21,30-31,39H,2,13,17H2,1H3. The number of aromatic hydroxyl groups is 1. The Bertz CT molecular complexity index is 1890. The minimum absolute atomic E-state index is 0.0687. The maximum Gasteiger partial charge on any atom is 0.339 e. The molecular weight excluding hydrogens is 624 g/mol. The largest absolute Gasteiger partial charge is 0.507 e. The van der Waals surface area contributed by atoms with Crippen LogP contribution < -0.4 is 4.90 Å². The number of phenols is 1. The van der Waals surface area contributed by atoms with Crippen molar-refractivity contribution in [2.75, 3.05) is 11.5 Å². The van der Waals surface area contributed by atoms with Gasteiger partial charge in [0, 0.05) is 15.4 Å². The van der Waals surface area contributed by atoms with E-state index in [9.17, 15) is 24.3 Å². The van der Waals surface area contributed by atoms with Crippen molar-refractivity contribution in [2.45, 2.75) is 19.8 Å². The van der Waals surface area contributed by atoms with Crippen molar-refractivity contribution in [3.05, 3.63) is 100 Å². The van der Waals surface area contributed by atoms with E-state index in [1.54, 1.807) is 48.5 Å². The molecule has 2 bridgehead atoms. The lowest BCUT2D eigenvalue weighted by molar-refractivity contribution is -0.123. The number of para-hydroxylation sites is 1. The van der Waals surface area contributed by atoms with Gasteiger partial charge in [-0.1, -0.05) is 59.3 Å². The van der Waals surface area contributed by atoms with E-state index in [2.05, 4.69) is 28.1 Å². The van der Waals surface area contributed by atoms with Gasteiger partial charge >= 0.3 is 5.97 Å². The Balaban J connectivity index is 1.21. The number of allylic oxidation sites excluding steroid dienone is 2. The first-order chi connectivity index (χ1) is 21.2. The van der Waals surface area contributed by atoms with Crippen LogP contribution in [0.1, 0.15) is 39.6 Å². The van der Waals surface area contributed by atoms with Crippen molar-refractivity contribution in [3.63, 3.8) is 0 Å². The predicted octanol–water partition coefficient (Wildman–Crippen LogP) is 6.28. The van der Waals surface area contributed by atoms with E-state index in [0.29, 0.717) is 34.3 Å². The number of aromatic nitrogens is 1. The zero-order chi connectivity index (χ0) is 30.7. The first-order valence-corrected chi connectivity index (χ1v) is 15.3. The summed E-state index contributed by atoms with van der Waals surface area (Å²) in [5, 5.41) is 10.6. The molecule has 44 heavy (non-hydrogen) atoms. The normalized spacial score (nSPS) is 21.7. The molecule has 1 saturated carbocycles. The molecule has 9 heteroatoms. The first-order valence-electron chi connectivity index (χ1n) is 14.5. The molecule has 0 radical (unpaired) electrons. The Hall–Kier alpha value is -4.63. The maximum atomic E-state index is 13.5. The van der Waals surface area contributed by atoms with E-state index in [4.69, 9.17) is 9.72 Å². The number of ketones is 1. The second kappa shape index (κ2) is 10.8. The molecule has 1 aliphatic heterocycles. The summed E-state index contributed by atoms with van der Waals surface area (Å²) >= 11 is 3.52. The van der Waals surface area contributed by atoms with Crippen LogP contribution in [0.4, 0.5) is 5.69 Å². The van der Waals surface area contributed by atoms with Crippen molar-refractivity contribution in [3.8, 4) is 17.0 Å². The molecule has 1 saturated heterocycles. The number of hydrogen-bond acceptors (Lipinski definition) is 7. The number of pyridine rings is 1. The van der Waals surface area contributed by atoms with Gasteiger partial charge in [0.15, 0.2) is 6.61 Å².